The Morgan fingerprint density at radius 1 is 1.33 bits per heavy atom. The van der Waals surface area contributed by atoms with Gasteiger partial charge in [-0.1, -0.05) is 0 Å². The first-order valence-electron chi connectivity index (χ1n) is 5.86. The monoisotopic (exact) mass is 249 g/mol. The lowest BCUT2D eigenvalue weighted by Crippen LogP contribution is -2.04. The first-order chi connectivity index (χ1) is 8.78. The summed E-state index contributed by atoms with van der Waals surface area (Å²) in [6.45, 7) is 1.67. The highest BCUT2D eigenvalue weighted by Crippen LogP contribution is 2.16. The number of hydrogen-bond donors (Lipinski definition) is 1. The number of hydrogen-bond acceptors (Lipinski definition) is 3. The minimum atomic E-state index is -0.317. The average Bonchev–Trinajstić information content (AvgIpc) is 2.87. The Bertz CT molecular complexity index is 485. The molecule has 0 aliphatic carbocycles. The molecule has 2 rings (SSSR count). The molecule has 0 aliphatic heterocycles. The van der Waals surface area contributed by atoms with E-state index < -0.39 is 0 Å². The fourth-order valence-corrected chi connectivity index (χ4v) is 1.68. The Labute approximate surface area is 105 Å². The molecule has 5 heteroatoms. The molecule has 2 N–H and O–H groups in total. The summed E-state index contributed by atoms with van der Waals surface area (Å²) in [7, 11) is 0. The normalized spacial score (nSPS) is 10.6. The molecular weight excluding hydrogens is 233 g/mol. The third kappa shape index (κ3) is 3.56. The lowest BCUT2D eigenvalue weighted by atomic mass is 10.2. The Balaban J connectivity index is 1.81. The van der Waals surface area contributed by atoms with Crippen molar-refractivity contribution in [1.29, 1.82) is 0 Å². The van der Waals surface area contributed by atoms with Gasteiger partial charge >= 0.3 is 0 Å². The van der Waals surface area contributed by atoms with E-state index >= 15 is 0 Å². The average molecular weight is 249 g/mol. The standard InChI is InChI=1S/C13H16FN3O/c14-12-6-11(9-15)7-13(8-12)18-5-1-3-17-4-2-16-10-17/h2,4,6-8,10H,1,3,5,9,15H2. The van der Waals surface area contributed by atoms with Gasteiger partial charge in [0.15, 0.2) is 0 Å². The quantitative estimate of drug-likeness (QED) is 0.796. The van der Waals surface area contributed by atoms with Crippen LogP contribution in [0, 0.1) is 5.82 Å². The van der Waals surface area contributed by atoms with Crippen LogP contribution in [-0.2, 0) is 13.1 Å². The molecule has 0 aliphatic rings. The first kappa shape index (κ1) is 12.6. The smallest absolute Gasteiger partial charge is 0.127 e. The second kappa shape index (κ2) is 6.16. The fraction of sp³-hybridized carbons (Fsp3) is 0.308. The molecule has 0 atom stereocenters. The molecule has 2 aromatic rings. The van der Waals surface area contributed by atoms with Gasteiger partial charge in [0.25, 0.3) is 0 Å². The van der Waals surface area contributed by atoms with Crippen LogP contribution in [0.3, 0.4) is 0 Å². The minimum absolute atomic E-state index is 0.309. The summed E-state index contributed by atoms with van der Waals surface area (Å²) < 4.78 is 20.7. The van der Waals surface area contributed by atoms with Gasteiger partial charge in [0.05, 0.1) is 12.9 Å². The van der Waals surface area contributed by atoms with Crippen LogP contribution in [0.5, 0.6) is 5.75 Å². The van der Waals surface area contributed by atoms with Crippen LogP contribution in [0.4, 0.5) is 4.39 Å². The second-order valence-electron chi connectivity index (χ2n) is 4.00. The summed E-state index contributed by atoms with van der Waals surface area (Å²) in [6.07, 6.45) is 6.23. The number of nitrogens with two attached hydrogens (primary N) is 1. The first-order valence-corrected chi connectivity index (χ1v) is 5.86. The van der Waals surface area contributed by atoms with Gasteiger partial charge in [0.1, 0.15) is 11.6 Å². The summed E-state index contributed by atoms with van der Waals surface area (Å²) in [5, 5.41) is 0. The van der Waals surface area contributed by atoms with E-state index in [0.717, 1.165) is 18.5 Å². The van der Waals surface area contributed by atoms with Gasteiger partial charge in [-0.25, -0.2) is 9.37 Å². The molecule has 1 aromatic heterocycles. The molecule has 0 amide bonds. The van der Waals surface area contributed by atoms with Gasteiger partial charge in [0.2, 0.25) is 0 Å². The Hall–Kier alpha value is -1.88. The van der Waals surface area contributed by atoms with Crippen molar-refractivity contribution >= 4 is 0 Å². The van der Waals surface area contributed by atoms with E-state index in [2.05, 4.69) is 4.98 Å². The van der Waals surface area contributed by atoms with Gasteiger partial charge in [-0.2, -0.15) is 0 Å². The highest BCUT2D eigenvalue weighted by Gasteiger charge is 2.01. The number of ether oxygens (including phenoxy) is 1. The summed E-state index contributed by atoms with van der Waals surface area (Å²) in [6, 6.07) is 4.55. The number of aryl methyl sites for hydroxylation is 1. The summed E-state index contributed by atoms with van der Waals surface area (Å²) in [4.78, 5) is 3.95. The maximum atomic E-state index is 13.2. The van der Waals surface area contributed by atoms with Crippen LogP contribution < -0.4 is 10.5 Å². The van der Waals surface area contributed by atoms with E-state index in [0.29, 0.717) is 18.9 Å². The van der Waals surface area contributed by atoms with Crippen molar-refractivity contribution in [2.45, 2.75) is 19.5 Å². The third-order valence-corrected chi connectivity index (χ3v) is 2.56. The van der Waals surface area contributed by atoms with Gasteiger partial charge in [-0.15, -0.1) is 0 Å². The molecule has 0 saturated heterocycles. The van der Waals surface area contributed by atoms with Crippen molar-refractivity contribution in [2.75, 3.05) is 6.61 Å². The van der Waals surface area contributed by atoms with E-state index in [4.69, 9.17) is 10.5 Å². The zero-order valence-corrected chi connectivity index (χ0v) is 10.1. The van der Waals surface area contributed by atoms with Crippen LogP contribution in [0.15, 0.2) is 36.9 Å². The SMILES string of the molecule is NCc1cc(F)cc(OCCCn2ccnc2)c1. The molecule has 1 heterocycles. The molecule has 0 radical (unpaired) electrons. The van der Waals surface area contributed by atoms with Crippen LogP contribution in [0.25, 0.3) is 0 Å². The lowest BCUT2D eigenvalue weighted by Gasteiger charge is -2.08. The fourth-order valence-electron chi connectivity index (χ4n) is 1.68. The van der Waals surface area contributed by atoms with Crippen molar-refractivity contribution in [3.05, 3.63) is 48.3 Å². The predicted molar refractivity (Wildman–Crippen MR) is 66.6 cm³/mol. The summed E-state index contributed by atoms with van der Waals surface area (Å²) >= 11 is 0. The second-order valence-corrected chi connectivity index (χ2v) is 4.00. The Morgan fingerprint density at radius 2 is 2.22 bits per heavy atom. The van der Waals surface area contributed by atoms with Gasteiger partial charge < -0.3 is 15.0 Å². The predicted octanol–water partition coefficient (Wildman–Crippen LogP) is 1.95. The van der Waals surface area contributed by atoms with Crippen molar-refractivity contribution in [2.24, 2.45) is 5.73 Å². The maximum absolute atomic E-state index is 13.2. The molecule has 0 spiro atoms. The number of nitrogens with zero attached hydrogens (tertiary/aromatic N) is 2. The van der Waals surface area contributed by atoms with Crippen LogP contribution in [0.1, 0.15) is 12.0 Å². The van der Waals surface area contributed by atoms with E-state index in [1.165, 1.54) is 12.1 Å². The number of imidazole rings is 1. The molecule has 0 saturated carbocycles. The zero-order chi connectivity index (χ0) is 12.8. The number of aromatic nitrogens is 2. The number of rotatable bonds is 6. The Kier molecular flexibility index (Phi) is 4.30. The lowest BCUT2D eigenvalue weighted by molar-refractivity contribution is 0.300. The molecule has 0 bridgehead atoms. The maximum Gasteiger partial charge on any atom is 0.127 e. The van der Waals surface area contributed by atoms with Gasteiger partial charge in [-0.3, -0.25) is 0 Å². The molecule has 0 fully saturated rings. The summed E-state index contributed by atoms with van der Waals surface area (Å²) in [5.41, 5.74) is 6.21. The van der Waals surface area contributed by atoms with Gasteiger partial charge in [0, 0.05) is 31.5 Å². The third-order valence-electron chi connectivity index (χ3n) is 2.56. The van der Waals surface area contributed by atoms with Crippen LogP contribution in [0.2, 0.25) is 0 Å². The molecule has 1 aromatic carbocycles. The zero-order valence-electron chi connectivity index (χ0n) is 10.1. The van der Waals surface area contributed by atoms with E-state index in [-0.39, 0.29) is 5.82 Å². The van der Waals surface area contributed by atoms with E-state index in [9.17, 15) is 4.39 Å². The molecule has 96 valence electrons. The number of halogens is 1. The van der Waals surface area contributed by atoms with E-state index in [1.54, 1.807) is 18.6 Å². The minimum Gasteiger partial charge on any atom is -0.493 e. The van der Waals surface area contributed by atoms with Crippen molar-refractivity contribution in [3.8, 4) is 5.75 Å². The van der Waals surface area contributed by atoms with Crippen molar-refractivity contribution < 1.29 is 9.13 Å². The van der Waals surface area contributed by atoms with Crippen molar-refractivity contribution in [3.63, 3.8) is 0 Å². The van der Waals surface area contributed by atoms with Crippen LogP contribution >= 0.6 is 0 Å². The molecular formula is C13H16FN3O. The molecule has 4 nitrogen and oxygen atoms in total. The van der Waals surface area contributed by atoms with Gasteiger partial charge in [-0.05, 0) is 24.1 Å². The topological polar surface area (TPSA) is 53.1 Å². The number of benzene rings is 1. The van der Waals surface area contributed by atoms with Crippen LogP contribution in [-0.4, -0.2) is 16.2 Å². The highest BCUT2D eigenvalue weighted by atomic mass is 19.1. The van der Waals surface area contributed by atoms with E-state index in [1.807, 2.05) is 10.8 Å². The Morgan fingerprint density at radius 3 is 2.94 bits per heavy atom. The van der Waals surface area contributed by atoms with Crippen molar-refractivity contribution in [1.82, 2.24) is 9.55 Å². The highest BCUT2D eigenvalue weighted by molar-refractivity contribution is 5.29. The molecule has 0 unspecified atom stereocenters. The molecule has 18 heavy (non-hydrogen) atoms. The largest absolute Gasteiger partial charge is 0.493 e. The summed E-state index contributed by atoms with van der Waals surface area (Å²) in [5.74, 6) is 0.212.